The van der Waals surface area contributed by atoms with Crippen LogP contribution >= 0.6 is 0 Å². The Labute approximate surface area is 156 Å². The van der Waals surface area contributed by atoms with E-state index < -0.39 is 30.4 Å². The second-order valence-corrected chi connectivity index (χ2v) is 6.51. The molecule has 0 unspecified atom stereocenters. The van der Waals surface area contributed by atoms with Gasteiger partial charge in [-0.2, -0.15) is 5.10 Å². The lowest BCUT2D eigenvalue weighted by Crippen LogP contribution is -2.51. The first-order chi connectivity index (χ1) is 13.0. The lowest BCUT2D eigenvalue weighted by molar-refractivity contribution is -0.143. The highest BCUT2D eigenvalue weighted by atomic mass is 16.5. The van der Waals surface area contributed by atoms with E-state index in [9.17, 15) is 14.4 Å². The van der Waals surface area contributed by atoms with Gasteiger partial charge in [-0.05, 0) is 56.5 Å². The average Bonchev–Trinajstić information content (AvgIpc) is 3.11. The second-order valence-electron chi connectivity index (χ2n) is 6.51. The molecule has 2 heterocycles. The molecular weight excluding hydrogens is 348 g/mol. The number of hydrogen-bond acceptors (Lipinski definition) is 5. The number of benzene rings is 1. The SMILES string of the molecule is Cc1ccnn1-c1ccc(C(=O)OCC(=O)N2CCCC[C@H]2C(N)=O)cc1. The molecule has 1 aliphatic heterocycles. The summed E-state index contributed by atoms with van der Waals surface area (Å²) in [5, 5.41) is 4.21. The quantitative estimate of drug-likeness (QED) is 0.796. The number of amides is 2. The molecule has 1 aromatic carbocycles. The van der Waals surface area contributed by atoms with Crippen molar-refractivity contribution in [2.75, 3.05) is 13.2 Å². The zero-order chi connectivity index (χ0) is 19.4. The van der Waals surface area contributed by atoms with Crippen molar-refractivity contribution >= 4 is 17.8 Å². The Kier molecular flexibility index (Phi) is 5.54. The van der Waals surface area contributed by atoms with E-state index in [1.807, 2.05) is 13.0 Å². The molecule has 1 saturated heterocycles. The minimum atomic E-state index is -0.624. The molecular formula is C19H22N4O4. The van der Waals surface area contributed by atoms with Crippen LogP contribution in [-0.2, 0) is 14.3 Å². The van der Waals surface area contributed by atoms with Crippen LogP contribution in [0.2, 0.25) is 0 Å². The van der Waals surface area contributed by atoms with Crippen LogP contribution in [0.4, 0.5) is 0 Å². The molecule has 2 aromatic rings. The Balaban J connectivity index is 1.59. The van der Waals surface area contributed by atoms with Gasteiger partial charge in [0.1, 0.15) is 6.04 Å². The summed E-state index contributed by atoms with van der Waals surface area (Å²) in [5.74, 6) is -1.53. The Bertz CT molecular complexity index is 844. The highest BCUT2D eigenvalue weighted by Gasteiger charge is 2.31. The maximum Gasteiger partial charge on any atom is 0.338 e. The number of esters is 1. The van der Waals surface area contributed by atoms with E-state index in [0.29, 0.717) is 18.5 Å². The van der Waals surface area contributed by atoms with Gasteiger partial charge in [0, 0.05) is 18.4 Å². The van der Waals surface area contributed by atoms with E-state index in [2.05, 4.69) is 5.10 Å². The van der Waals surface area contributed by atoms with Gasteiger partial charge in [-0.3, -0.25) is 9.59 Å². The van der Waals surface area contributed by atoms with Crippen LogP contribution in [0.15, 0.2) is 36.5 Å². The molecule has 2 N–H and O–H groups in total. The van der Waals surface area contributed by atoms with Crippen LogP contribution in [0.1, 0.15) is 35.3 Å². The fraction of sp³-hybridized carbons (Fsp3) is 0.368. The topological polar surface area (TPSA) is 108 Å². The molecule has 0 radical (unpaired) electrons. The molecule has 0 saturated carbocycles. The van der Waals surface area contributed by atoms with Crippen molar-refractivity contribution in [2.45, 2.75) is 32.2 Å². The van der Waals surface area contributed by atoms with Gasteiger partial charge >= 0.3 is 5.97 Å². The van der Waals surface area contributed by atoms with Gasteiger partial charge in [0.25, 0.3) is 5.91 Å². The fourth-order valence-electron chi connectivity index (χ4n) is 3.20. The maximum absolute atomic E-state index is 12.3. The lowest BCUT2D eigenvalue weighted by Gasteiger charge is -2.33. The third-order valence-electron chi connectivity index (χ3n) is 4.66. The van der Waals surface area contributed by atoms with Crippen molar-refractivity contribution in [3.63, 3.8) is 0 Å². The normalized spacial score (nSPS) is 16.8. The number of carbonyl (C=O) groups excluding carboxylic acids is 3. The molecule has 142 valence electrons. The molecule has 1 fully saturated rings. The number of primary amides is 1. The number of carbonyl (C=O) groups is 3. The molecule has 8 nitrogen and oxygen atoms in total. The summed E-state index contributed by atoms with van der Waals surface area (Å²) in [4.78, 5) is 37.4. The van der Waals surface area contributed by atoms with Gasteiger partial charge in [-0.15, -0.1) is 0 Å². The summed E-state index contributed by atoms with van der Waals surface area (Å²) in [6.07, 6.45) is 3.89. The van der Waals surface area contributed by atoms with Crippen molar-refractivity contribution in [1.82, 2.24) is 14.7 Å². The molecule has 2 amide bonds. The van der Waals surface area contributed by atoms with Crippen molar-refractivity contribution in [3.8, 4) is 5.69 Å². The van der Waals surface area contributed by atoms with Crippen LogP contribution in [0.5, 0.6) is 0 Å². The molecule has 0 spiro atoms. The third kappa shape index (κ3) is 4.16. The number of piperidine rings is 1. The van der Waals surface area contributed by atoms with Crippen LogP contribution < -0.4 is 5.73 Å². The van der Waals surface area contributed by atoms with Crippen molar-refractivity contribution in [2.24, 2.45) is 5.73 Å². The minimum absolute atomic E-state index is 0.335. The fourth-order valence-corrected chi connectivity index (χ4v) is 3.20. The van der Waals surface area contributed by atoms with Crippen LogP contribution in [0.25, 0.3) is 5.69 Å². The molecule has 1 aliphatic rings. The Morgan fingerprint density at radius 2 is 1.93 bits per heavy atom. The minimum Gasteiger partial charge on any atom is -0.452 e. The highest BCUT2D eigenvalue weighted by molar-refractivity contribution is 5.92. The van der Waals surface area contributed by atoms with E-state index in [1.54, 1.807) is 35.1 Å². The van der Waals surface area contributed by atoms with Gasteiger partial charge in [0.2, 0.25) is 5.91 Å². The van der Waals surface area contributed by atoms with Crippen molar-refractivity contribution in [3.05, 3.63) is 47.8 Å². The van der Waals surface area contributed by atoms with Gasteiger partial charge in [0.05, 0.1) is 11.3 Å². The number of rotatable bonds is 5. The predicted octanol–water partition coefficient (Wildman–Crippen LogP) is 1.20. The van der Waals surface area contributed by atoms with Gasteiger partial charge < -0.3 is 15.4 Å². The van der Waals surface area contributed by atoms with E-state index >= 15 is 0 Å². The number of ether oxygens (including phenoxy) is 1. The van der Waals surface area contributed by atoms with E-state index in [1.165, 1.54) is 4.90 Å². The molecule has 8 heteroatoms. The summed E-state index contributed by atoms with van der Waals surface area (Å²) in [6, 6.07) is 8.01. The standard InChI is InChI=1S/C19H22N4O4/c1-13-9-10-21-23(13)15-7-5-14(6-8-15)19(26)27-12-17(24)22-11-3-2-4-16(22)18(20)25/h5-10,16H,2-4,11-12H2,1H3,(H2,20,25)/t16-/m0/s1. The van der Waals surface area contributed by atoms with Crippen molar-refractivity contribution < 1.29 is 19.1 Å². The molecule has 27 heavy (non-hydrogen) atoms. The number of aromatic nitrogens is 2. The third-order valence-corrected chi connectivity index (χ3v) is 4.66. The lowest BCUT2D eigenvalue weighted by atomic mass is 10.0. The van der Waals surface area contributed by atoms with Crippen LogP contribution in [0.3, 0.4) is 0 Å². The summed E-state index contributed by atoms with van der Waals surface area (Å²) in [6.45, 7) is 1.96. The number of nitrogens with two attached hydrogens (primary N) is 1. The molecule has 0 bridgehead atoms. The summed E-state index contributed by atoms with van der Waals surface area (Å²) >= 11 is 0. The first-order valence-electron chi connectivity index (χ1n) is 8.84. The average molecular weight is 370 g/mol. The second kappa shape index (κ2) is 8.03. The zero-order valence-corrected chi connectivity index (χ0v) is 15.1. The summed E-state index contributed by atoms with van der Waals surface area (Å²) in [7, 11) is 0. The molecule has 0 aliphatic carbocycles. The van der Waals surface area contributed by atoms with Crippen molar-refractivity contribution in [1.29, 1.82) is 0 Å². The van der Waals surface area contributed by atoms with Crippen LogP contribution in [-0.4, -0.2) is 51.7 Å². The Morgan fingerprint density at radius 3 is 2.56 bits per heavy atom. The Morgan fingerprint density at radius 1 is 1.19 bits per heavy atom. The highest BCUT2D eigenvalue weighted by Crippen LogP contribution is 2.17. The maximum atomic E-state index is 12.3. The molecule has 1 atom stereocenters. The molecule has 3 rings (SSSR count). The monoisotopic (exact) mass is 370 g/mol. The zero-order valence-electron chi connectivity index (χ0n) is 15.1. The van der Waals surface area contributed by atoms with E-state index in [4.69, 9.17) is 10.5 Å². The van der Waals surface area contributed by atoms with Gasteiger partial charge in [-0.1, -0.05) is 0 Å². The van der Waals surface area contributed by atoms with Gasteiger partial charge in [0.15, 0.2) is 6.61 Å². The number of aryl methyl sites for hydroxylation is 1. The smallest absolute Gasteiger partial charge is 0.338 e. The number of likely N-dealkylation sites (tertiary alicyclic amines) is 1. The first kappa shape index (κ1) is 18.6. The number of hydrogen-bond donors (Lipinski definition) is 1. The number of nitrogens with zero attached hydrogens (tertiary/aromatic N) is 3. The Hall–Kier alpha value is -3.16. The van der Waals surface area contributed by atoms with E-state index in [-0.39, 0.29) is 0 Å². The molecule has 1 aromatic heterocycles. The largest absolute Gasteiger partial charge is 0.452 e. The van der Waals surface area contributed by atoms with E-state index in [0.717, 1.165) is 24.2 Å². The predicted molar refractivity (Wildman–Crippen MR) is 97.1 cm³/mol. The summed E-state index contributed by atoms with van der Waals surface area (Å²) in [5.41, 5.74) is 7.49. The first-order valence-corrected chi connectivity index (χ1v) is 8.84. The van der Waals surface area contributed by atoms with Crippen LogP contribution in [0, 0.1) is 6.92 Å². The summed E-state index contributed by atoms with van der Waals surface area (Å²) < 4.78 is 6.87. The van der Waals surface area contributed by atoms with Gasteiger partial charge in [-0.25, -0.2) is 9.48 Å².